The molecular formula is C25H36N2O2. The van der Waals surface area contributed by atoms with Gasteiger partial charge in [-0.25, -0.2) is 0 Å². The van der Waals surface area contributed by atoms with Crippen LogP contribution in [0.15, 0.2) is 24.3 Å². The van der Waals surface area contributed by atoms with Crippen LogP contribution in [0.1, 0.15) is 49.7 Å². The second-order valence-electron chi connectivity index (χ2n) is 10.5. The fourth-order valence-corrected chi connectivity index (χ4v) is 7.49. The van der Waals surface area contributed by atoms with Gasteiger partial charge in [-0.3, -0.25) is 9.69 Å². The summed E-state index contributed by atoms with van der Waals surface area (Å²) in [5.41, 5.74) is 2.98. The molecule has 1 amide bonds. The molecule has 29 heavy (non-hydrogen) atoms. The van der Waals surface area contributed by atoms with E-state index in [-0.39, 0.29) is 10.8 Å². The Morgan fingerprint density at radius 3 is 2.31 bits per heavy atom. The molecule has 4 saturated carbocycles. The third-order valence-corrected chi connectivity index (χ3v) is 8.45. The normalized spacial score (nSPS) is 36.6. The molecule has 2 atom stereocenters. The minimum atomic E-state index is -0.0936. The number of aryl methyl sites for hydroxylation is 1. The van der Waals surface area contributed by atoms with Crippen molar-refractivity contribution in [3.8, 4) is 0 Å². The van der Waals surface area contributed by atoms with Gasteiger partial charge in [0.2, 0.25) is 5.91 Å². The van der Waals surface area contributed by atoms with E-state index in [9.17, 15) is 4.79 Å². The molecular weight excluding hydrogens is 360 g/mol. The van der Waals surface area contributed by atoms with Gasteiger partial charge in [-0.15, -0.1) is 0 Å². The van der Waals surface area contributed by atoms with Gasteiger partial charge in [0.1, 0.15) is 0 Å². The molecule has 1 saturated heterocycles. The molecule has 5 fully saturated rings. The second-order valence-corrected chi connectivity index (χ2v) is 10.5. The molecule has 158 valence electrons. The van der Waals surface area contributed by atoms with Crippen molar-refractivity contribution in [3.05, 3.63) is 35.4 Å². The first-order chi connectivity index (χ1) is 14.0. The lowest BCUT2D eigenvalue weighted by Crippen LogP contribution is -2.61. The Hall–Kier alpha value is -1.39. The molecule has 4 bridgehead atoms. The molecule has 4 nitrogen and oxygen atoms in total. The topological polar surface area (TPSA) is 32.8 Å². The van der Waals surface area contributed by atoms with Crippen molar-refractivity contribution in [2.45, 2.75) is 50.9 Å². The first kappa shape index (κ1) is 19.6. The van der Waals surface area contributed by atoms with E-state index in [4.69, 9.17) is 4.74 Å². The second kappa shape index (κ2) is 7.39. The molecule has 0 spiro atoms. The van der Waals surface area contributed by atoms with Gasteiger partial charge in [-0.05, 0) is 68.3 Å². The number of carbonyl (C=O) groups excluding carboxylic acids is 1. The van der Waals surface area contributed by atoms with Crippen molar-refractivity contribution < 1.29 is 9.53 Å². The number of carbonyl (C=O) groups is 1. The molecule has 1 heterocycles. The summed E-state index contributed by atoms with van der Waals surface area (Å²) in [6.45, 7) is 7.67. The maximum absolute atomic E-state index is 13.9. The highest BCUT2D eigenvalue weighted by atomic mass is 16.5. The Morgan fingerprint density at radius 1 is 1.03 bits per heavy atom. The molecule has 4 aliphatic carbocycles. The number of benzene rings is 1. The van der Waals surface area contributed by atoms with Crippen LogP contribution in [0.5, 0.6) is 0 Å². The summed E-state index contributed by atoms with van der Waals surface area (Å²) in [6, 6.07) is 9.24. The van der Waals surface area contributed by atoms with Crippen LogP contribution in [-0.2, 0) is 14.9 Å². The van der Waals surface area contributed by atoms with Gasteiger partial charge in [0.05, 0.1) is 12.0 Å². The summed E-state index contributed by atoms with van der Waals surface area (Å²) in [4.78, 5) is 18.5. The van der Waals surface area contributed by atoms with Gasteiger partial charge in [0, 0.05) is 39.8 Å². The predicted octanol–water partition coefficient (Wildman–Crippen LogP) is 3.62. The first-order valence-corrected chi connectivity index (χ1v) is 11.6. The Labute approximate surface area is 175 Å². The third kappa shape index (κ3) is 3.42. The van der Waals surface area contributed by atoms with Crippen LogP contribution in [-0.4, -0.2) is 62.1 Å². The van der Waals surface area contributed by atoms with E-state index < -0.39 is 0 Å². The monoisotopic (exact) mass is 396 g/mol. The van der Waals surface area contributed by atoms with Crippen molar-refractivity contribution in [1.82, 2.24) is 9.80 Å². The van der Waals surface area contributed by atoms with Crippen LogP contribution < -0.4 is 0 Å². The number of nitrogens with zero attached hydrogens (tertiary/aromatic N) is 2. The van der Waals surface area contributed by atoms with E-state index in [0.29, 0.717) is 5.91 Å². The molecule has 5 aliphatic rings. The molecule has 0 radical (unpaired) electrons. The fourth-order valence-electron chi connectivity index (χ4n) is 7.49. The van der Waals surface area contributed by atoms with Gasteiger partial charge in [0.25, 0.3) is 0 Å². The zero-order valence-corrected chi connectivity index (χ0v) is 18.2. The van der Waals surface area contributed by atoms with Crippen LogP contribution in [0, 0.1) is 24.2 Å². The summed E-state index contributed by atoms with van der Waals surface area (Å²) in [6.07, 6.45) is 7.31. The molecule has 0 N–H and O–H groups in total. The maximum Gasteiger partial charge on any atom is 0.228 e. The fraction of sp³-hybridized carbons (Fsp3) is 0.720. The molecule has 6 rings (SSSR count). The SMILES string of the molecule is COCCN1CCN(C(=O)C23CC4CC(C2)CC(c2ccc(C)cc2)(C4)C3)CC1. The Balaban J connectivity index is 1.35. The molecule has 1 aromatic rings. The lowest BCUT2D eigenvalue weighted by molar-refractivity contribution is -0.162. The summed E-state index contributed by atoms with van der Waals surface area (Å²) < 4.78 is 5.22. The molecule has 4 heteroatoms. The molecule has 1 aromatic carbocycles. The van der Waals surface area contributed by atoms with Crippen LogP contribution in [0.3, 0.4) is 0 Å². The highest BCUT2D eigenvalue weighted by Gasteiger charge is 2.61. The summed E-state index contributed by atoms with van der Waals surface area (Å²) in [5.74, 6) is 1.96. The standard InChI is InChI=1S/C25H36N2O2/c1-19-3-5-22(6-4-19)24-14-20-13-21(15-24)17-25(16-20,18-24)23(28)27-9-7-26(8-10-27)11-12-29-2/h3-6,20-21H,7-18H2,1-2H3. The van der Waals surface area contributed by atoms with Crippen LogP contribution in [0.4, 0.5) is 0 Å². The molecule has 0 aromatic heterocycles. The minimum absolute atomic E-state index is 0.0936. The lowest BCUT2D eigenvalue weighted by Gasteiger charge is -2.62. The average Bonchev–Trinajstić information content (AvgIpc) is 2.71. The highest BCUT2D eigenvalue weighted by molar-refractivity contribution is 5.84. The zero-order chi connectivity index (χ0) is 20.1. The van der Waals surface area contributed by atoms with Crippen molar-refractivity contribution in [2.75, 3.05) is 46.4 Å². The smallest absolute Gasteiger partial charge is 0.228 e. The maximum atomic E-state index is 13.9. The van der Waals surface area contributed by atoms with E-state index in [0.717, 1.165) is 70.4 Å². The van der Waals surface area contributed by atoms with E-state index in [1.165, 1.54) is 30.4 Å². The number of rotatable bonds is 5. The predicted molar refractivity (Wildman–Crippen MR) is 115 cm³/mol. The average molecular weight is 397 g/mol. The number of hydrogen-bond donors (Lipinski definition) is 0. The number of hydrogen-bond acceptors (Lipinski definition) is 3. The van der Waals surface area contributed by atoms with Crippen LogP contribution in [0.2, 0.25) is 0 Å². The van der Waals surface area contributed by atoms with Gasteiger partial charge in [0.15, 0.2) is 0 Å². The van der Waals surface area contributed by atoms with Crippen molar-refractivity contribution in [1.29, 1.82) is 0 Å². The van der Waals surface area contributed by atoms with Crippen molar-refractivity contribution in [3.63, 3.8) is 0 Å². The number of ether oxygens (including phenoxy) is 1. The van der Waals surface area contributed by atoms with E-state index in [1.807, 2.05) is 0 Å². The van der Waals surface area contributed by atoms with Gasteiger partial charge in [-0.2, -0.15) is 0 Å². The first-order valence-electron chi connectivity index (χ1n) is 11.6. The summed E-state index contributed by atoms with van der Waals surface area (Å²) in [5, 5.41) is 0. The Bertz CT molecular complexity index is 737. The highest BCUT2D eigenvalue weighted by Crippen LogP contribution is 2.66. The van der Waals surface area contributed by atoms with Crippen LogP contribution >= 0.6 is 0 Å². The van der Waals surface area contributed by atoms with Gasteiger partial charge < -0.3 is 9.64 Å². The molecule has 2 unspecified atom stereocenters. The third-order valence-electron chi connectivity index (χ3n) is 8.45. The molecule has 1 aliphatic heterocycles. The Kier molecular flexibility index (Phi) is 4.98. The van der Waals surface area contributed by atoms with Crippen molar-refractivity contribution >= 4 is 5.91 Å². The zero-order valence-electron chi connectivity index (χ0n) is 18.2. The number of piperazine rings is 1. The van der Waals surface area contributed by atoms with Gasteiger partial charge >= 0.3 is 0 Å². The van der Waals surface area contributed by atoms with E-state index in [1.54, 1.807) is 7.11 Å². The summed E-state index contributed by atoms with van der Waals surface area (Å²) in [7, 11) is 1.76. The lowest BCUT2D eigenvalue weighted by atomic mass is 9.42. The summed E-state index contributed by atoms with van der Waals surface area (Å²) >= 11 is 0. The minimum Gasteiger partial charge on any atom is -0.383 e. The van der Waals surface area contributed by atoms with Crippen LogP contribution in [0.25, 0.3) is 0 Å². The Morgan fingerprint density at radius 2 is 1.69 bits per heavy atom. The number of methoxy groups -OCH3 is 1. The number of amides is 1. The van der Waals surface area contributed by atoms with Crippen molar-refractivity contribution in [2.24, 2.45) is 17.3 Å². The van der Waals surface area contributed by atoms with Gasteiger partial charge in [-0.1, -0.05) is 29.8 Å². The quantitative estimate of drug-likeness (QED) is 0.762. The largest absolute Gasteiger partial charge is 0.383 e. The van der Waals surface area contributed by atoms with E-state index in [2.05, 4.69) is 41.0 Å². The van der Waals surface area contributed by atoms with E-state index >= 15 is 0 Å².